The number of benzene rings is 2. The van der Waals surface area contributed by atoms with Crippen LogP contribution in [-0.4, -0.2) is 19.4 Å². The third-order valence-electron chi connectivity index (χ3n) is 2.69. The van der Waals surface area contributed by atoms with E-state index < -0.39 is 5.97 Å². The van der Waals surface area contributed by atoms with Crippen LogP contribution in [0, 0.1) is 0 Å². The van der Waals surface area contributed by atoms with E-state index >= 15 is 0 Å². The highest BCUT2D eigenvalue weighted by Crippen LogP contribution is 2.32. The standard InChI is InChI=1S/C15H10Cl2O4/c1-20-13-5-3-2-4-11(13)15(19)21-14-9(8-18)6-10(16)7-12(14)17/h2-8H,1H3. The lowest BCUT2D eigenvalue weighted by molar-refractivity contribution is 0.0730. The Morgan fingerprint density at radius 3 is 2.57 bits per heavy atom. The van der Waals surface area contributed by atoms with Crippen molar-refractivity contribution < 1.29 is 19.1 Å². The van der Waals surface area contributed by atoms with E-state index in [9.17, 15) is 9.59 Å². The second-order valence-electron chi connectivity index (χ2n) is 4.01. The van der Waals surface area contributed by atoms with Gasteiger partial charge < -0.3 is 9.47 Å². The third-order valence-corrected chi connectivity index (χ3v) is 3.18. The van der Waals surface area contributed by atoms with Gasteiger partial charge in [-0.25, -0.2) is 4.79 Å². The summed E-state index contributed by atoms with van der Waals surface area (Å²) in [6, 6.07) is 9.32. The number of ether oxygens (including phenoxy) is 2. The maximum absolute atomic E-state index is 12.2. The Labute approximate surface area is 131 Å². The number of hydrogen-bond donors (Lipinski definition) is 0. The number of methoxy groups -OCH3 is 1. The summed E-state index contributed by atoms with van der Waals surface area (Å²) < 4.78 is 10.3. The Hall–Kier alpha value is -2.04. The Morgan fingerprint density at radius 2 is 1.90 bits per heavy atom. The average Bonchev–Trinajstić information content (AvgIpc) is 2.49. The molecule has 0 saturated carbocycles. The fourth-order valence-electron chi connectivity index (χ4n) is 1.74. The van der Waals surface area contributed by atoms with Crippen LogP contribution in [0.2, 0.25) is 10.0 Å². The summed E-state index contributed by atoms with van der Waals surface area (Å²) in [6.45, 7) is 0. The lowest BCUT2D eigenvalue weighted by Gasteiger charge is -2.11. The summed E-state index contributed by atoms with van der Waals surface area (Å²) in [6.07, 6.45) is 0.516. The molecule has 0 aliphatic rings. The molecule has 2 aromatic carbocycles. The fourth-order valence-corrected chi connectivity index (χ4v) is 2.28. The molecule has 2 rings (SSSR count). The molecule has 4 nitrogen and oxygen atoms in total. The van der Waals surface area contributed by atoms with E-state index in [1.54, 1.807) is 24.3 Å². The summed E-state index contributed by atoms with van der Waals surface area (Å²) in [5.74, 6) is -0.355. The van der Waals surface area contributed by atoms with E-state index in [0.717, 1.165) is 0 Å². The monoisotopic (exact) mass is 324 g/mol. The molecular formula is C15H10Cl2O4. The summed E-state index contributed by atoms with van der Waals surface area (Å²) in [5.41, 5.74) is 0.318. The molecule has 0 saturated heterocycles. The van der Waals surface area contributed by atoms with Gasteiger partial charge in [-0.05, 0) is 24.3 Å². The van der Waals surface area contributed by atoms with Crippen molar-refractivity contribution in [2.75, 3.05) is 7.11 Å². The van der Waals surface area contributed by atoms with Crippen molar-refractivity contribution >= 4 is 35.5 Å². The largest absolute Gasteiger partial charge is 0.496 e. The Balaban J connectivity index is 2.38. The van der Waals surface area contributed by atoms with Crippen molar-refractivity contribution in [3.05, 3.63) is 57.6 Å². The lowest BCUT2D eigenvalue weighted by Crippen LogP contribution is -2.11. The molecule has 0 amide bonds. The van der Waals surface area contributed by atoms with Crippen LogP contribution >= 0.6 is 23.2 Å². The molecule has 2 aromatic rings. The first-order valence-electron chi connectivity index (χ1n) is 5.86. The highest BCUT2D eigenvalue weighted by Gasteiger charge is 2.18. The van der Waals surface area contributed by atoms with Crippen LogP contribution in [0.3, 0.4) is 0 Å². The average molecular weight is 325 g/mol. The zero-order valence-electron chi connectivity index (χ0n) is 10.9. The Bertz CT molecular complexity index is 698. The number of esters is 1. The van der Waals surface area contributed by atoms with Crippen molar-refractivity contribution in [1.82, 2.24) is 0 Å². The van der Waals surface area contributed by atoms with Crippen molar-refractivity contribution in [1.29, 1.82) is 0 Å². The molecule has 0 aromatic heterocycles. The van der Waals surface area contributed by atoms with Crippen LogP contribution in [0.15, 0.2) is 36.4 Å². The quantitative estimate of drug-likeness (QED) is 0.484. The van der Waals surface area contributed by atoms with Gasteiger partial charge in [-0.1, -0.05) is 35.3 Å². The summed E-state index contributed by atoms with van der Waals surface area (Å²) in [4.78, 5) is 23.2. The topological polar surface area (TPSA) is 52.6 Å². The molecule has 0 fully saturated rings. The molecule has 108 valence electrons. The van der Waals surface area contributed by atoms with Gasteiger partial charge in [0.2, 0.25) is 0 Å². The summed E-state index contributed by atoms with van der Waals surface area (Å²) in [5, 5.41) is 0.354. The van der Waals surface area contributed by atoms with Gasteiger partial charge in [0.05, 0.1) is 17.7 Å². The van der Waals surface area contributed by atoms with Crippen molar-refractivity contribution in [2.45, 2.75) is 0 Å². The second-order valence-corrected chi connectivity index (χ2v) is 4.86. The predicted octanol–water partition coefficient (Wildman–Crippen LogP) is 4.03. The molecule has 0 aliphatic heterocycles. The van der Waals surface area contributed by atoms with Gasteiger partial charge in [-0.15, -0.1) is 0 Å². The number of carbonyl (C=O) groups is 2. The second kappa shape index (κ2) is 6.61. The highest BCUT2D eigenvalue weighted by molar-refractivity contribution is 6.36. The van der Waals surface area contributed by atoms with Crippen molar-refractivity contribution in [3.63, 3.8) is 0 Å². The molecule has 0 unspecified atom stereocenters. The first-order valence-corrected chi connectivity index (χ1v) is 6.62. The normalized spacial score (nSPS) is 10.0. The number of halogens is 2. The van der Waals surface area contributed by atoms with E-state index in [1.807, 2.05) is 0 Å². The number of carbonyl (C=O) groups excluding carboxylic acids is 2. The van der Waals surface area contributed by atoms with E-state index in [-0.39, 0.29) is 26.9 Å². The molecule has 0 spiro atoms. The van der Waals surface area contributed by atoms with Gasteiger partial charge in [-0.2, -0.15) is 0 Å². The van der Waals surface area contributed by atoms with Gasteiger partial charge in [0.25, 0.3) is 0 Å². The van der Waals surface area contributed by atoms with Gasteiger partial charge in [0, 0.05) is 5.02 Å². The van der Waals surface area contributed by atoms with Gasteiger partial charge in [0.15, 0.2) is 12.0 Å². The molecule has 0 aliphatic carbocycles. The molecule has 21 heavy (non-hydrogen) atoms. The van der Waals surface area contributed by atoms with Crippen LogP contribution < -0.4 is 9.47 Å². The van der Waals surface area contributed by atoms with Gasteiger partial charge in [0.1, 0.15) is 11.3 Å². The van der Waals surface area contributed by atoms with E-state index in [0.29, 0.717) is 12.0 Å². The number of hydrogen-bond acceptors (Lipinski definition) is 4. The summed E-state index contributed by atoms with van der Waals surface area (Å²) >= 11 is 11.8. The molecule has 6 heteroatoms. The van der Waals surface area contributed by atoms with Crippen molar-refractivity contribution in [2.24, 2.45) is 0 Å². The van der Waals surface area contributed by atoms with Crippen LogP contribution in [0.1, 0.15) is 20.7 Å². The maximum Gasteiger partial charge on any atom is 0.347 e. The van der Waals surface area contributed by atoms with Crippen LogP contribution in [0.5, 0.6) is 11.5 Å². The molecule has 0 heterocycles. The van der Waals surface area contributed by atoms with Crippen LogP contribution in [-0.2, 0) is 0 Å². The van der Waals surface area contributed by atoms with E-state index in [1.165, 1.54) is 19.2 Å². The third kappa shape index (κ3) is 3.35. The van der Waals surface area contributed by atoms with Crippen molar-refractivity contribution in [3.8, 4) is 11.5 Å². The minimum Gasteiger partial charge on any atom is -0.496 e. The molecule has 0 atom stereocenters. The van der Waals surface area contributed by atoms with Gasteiger partial charge >= 0.3 is 5.97 Å². The van der Waals surface area contributed by atoms with Crippen LogP contribution in [0.25, 0.3) is 0 Å². The first kappa shape index (κ1) is 15.4. The first-order chi connectivity index (χ1) is 10.1. The Morgan fingerprint density at radius 1 is 1.19 bits per heavy atom. The number of aldehydes is 1. The minimum atomic E-state index is -0.681. The molecule has 0 radical (unpaired) electrons. The molecule has 0 bridgehead atoms. The number of rotatable bonds is 4. The molecule has 0 N–H and O–H groups in total. The highest BCUT2D eigenvalue weighted by atomic mass is 35.5. The smallest absolute Gasteiger partial charge is 0.347 e. The fraction of sp³-hybridized carbons (Fsp3) is 0.0667. The van der Waals surface area contributed by atoms with Gasteiger partial charge in [-0.3, -0.25) is 4.79 Å². The zero-order chi connectivity index (χ0) is 15.4. The van der Waals surface area contributed by atoms with E-state index in [4.69, 9.17) is 32.7 Å². The minimum absolute atomic E-state index is 0.0352. The lowest BCUT2D eigenvalue weighted by atomic mass is 10.2. The van der Waals surface area contributed by atoms with Crippen LogP contribution in [0.4, 0.5) is 0 Å². The predicted molar refractivity (Wildman–Crippen MR) is 79.8 cm³/mol. The Kier molecular flexibility index (Phi) is 4.83. The molecular weight excluding hydrogens is 315 g/mol. The maximum atomic E-state index is 12.2. The number of para-hydroxylation sites is 1. The summed E-state index contributed by atoms with van der Waals surface area (Å²) in [7, 11) is 1.44. The SMILES string of the molecule is COc1ccccc1C(=O)Oc1c(Cl)cc(Cl)cc1C=O. The zero-order valence-corrected chi connectivity index (χ0v) is 12.4. The van der Waals surface area contributed by atoms with E-state index in [2.05, 4.69) is 0 Å².